The molecule has 1 aromatic heterocycles. The zero-order chi connectivity index (χ0) is 14.5. The molecule has 0 saturated carbocycles. The summed E-state index contributed by atoms with van der Waals surface area (Å²) < 4.78 is 11.5. The molecule has 0 radical (unpaired) electrons. The van der Waals surface area contributed by atoms with Crippen molar-refractivity contribution in [3.63, 3.8) is 0 Å². The third-order valence-electron chi connectivity index (χ3n) is 2.90. The smallest absolute Gasteiger partial charge is 0.191 e. The molecule has 0 aliphatic heterocycles. The number of hydrogen-bond acceptors (Lipinski definition) is 6. The number of methoxy groups -OCH3 is 2. The Bertz CT molecular complexity index is 561. The Labute approximate surface area is 125 Å². The minimum atomic E-state index is -0.00579. The lowest BCUT2D eigenvalue weighted by Gasteiger charge is -2.14. The average molecular weight is 342 g/mol. The molecular weight excluding hydrogens is 326 g/mol. The second-order valence-electron chi connectivity index (χ2n) is 4.17. The molecule has 0 bridgehead atoms. The standard InChI is InChI=1S/C12H16BrN5O2/c1-7(12-15-17-18-16-12)14-6-8-4-10(19-2)11(20-3)5-9(8)13/h4-5,7,14H,6H2,1-3H3,(H,15,16,17,18). The topological polar surface area (TPSA) is 85.0 Å². The van der Waals surface area contributed by atoms with Crippen molar-refractivity contribution in [1.82, 2.24) is 25.9 Å². The summed E-state index contributed by atoms with van der Waals surface area (Å²) in [7, 11) is 3.23. The number of benzene rings is 1. The second kappa shape index (κ2) is 6.67. The second-order valence-corrected chi connectivity index (χ2v) is 5.03. The molecular formula is C12H16BrN5O2. The third-order valence-corrected chi connectivity index (χ3v) is 3.64. The van der Waals surface area contributed by atoms with Crippen LogP contribution in [0.4, 0.5) is 0 Å². The van der Waals surface area contributed by atoms with Crippen LogP contribution in [0.3, 0.4) is 0 Å². The first-order valence-electron chi connectivity index (χ1n) is 6.02. The van der Waals surface area contributed by atoms with E-state index >= 15 is 0 Å². The van der Waals surface area contributed by atoms with Gasteiger partial charge in [-0.1, -0.05) is 21.1 Å². The van der Waals surface area contributed by atoms with Gasteiger partial charge in [0.1, 0.15) is 0 Å². The van der Waals surface area contributed by atoms with Crippen molar-refractivity contribution >= 4 is 15.9 Å². The maximum absolute atomic E-state index is 5.30. The average Bonchev–Trinajstić information content (AvgIpc) is 2.99. The molecule has 2 N–H and O–H groups in total. The van der Waals surface area contributed by atoms with Gasteiger partial charge in [-0.05, 0) is 24.6 Å². The highest BCUT2D eigenvalue weighted by Gasteiger charge is 2.13. The fraction of sp³-hybridized carbons (Fsp3) is 0.417. The van der Waals surface area contributed by atoms with Gasteiger partial charge in [0.25, 0.3) is 0 Å². The van der Waals surface area contributed by atoms with Crippen molar-refractivity contribution in [2.45, 2.75) is 19.5 Å². The van der Waals surface area contributed by atoms with Crippen LogP contribution in [0.15, 0.2) is 16.6 Å². The van der Waals surface area contributed by atoms with Gasteiger partial charge in [0, 0.05) is 11.0 Å². The van der Waals surface area contributed by atoms with E-state index in [0.717, 1.165) is 10.0 Å². The number of aromatic amines is 1. The first-order valence-corrected chi connectivity index (χ1v) is 6.82. The van der Waals surface area contributed by atoms with E-state index in [-0.39, 0.29) is 6.04 Å². The van der Waals surface area contributed by atoms with Gasteiger partial charge in [-0.3, -0.25) is 0 Å². The van der Waals surface area contributed by atoms with E-state index in [1.165, 1.54) is 0 Å². The molecule has 0 aliphatic rings. The number of aromatic nitrogens is 4. The normalized spacial score (nSPS) is 12.2. The van der Waals surface area contributed by atoms with E-state index in [0.29, 0.717) is 23.9 Å². The zero-order valence-corrected chi connectivity index (χ0v) is 13.1. The Hall–Kier alpha value is -1.67. The molecule has 0 spiro atoms. The molecule has 1 heterocycles. The molecule has 1 unspecified atom stereocenters. The SMILES string of the molecule is COc1cc(Br)c(CNC(C)c2nn[nH]n2)cc1OC. The zero-order valence-electron chi connectivity index (χ0n) is 11.5. The minimum absolute atomic E-state index is 0.00579. The Balaban J connectivity index is 2.09. The molecule has 1 atom stereocenters. The number of hydrogen-bond donors (Lipinski definition) is 2. The van der Waals surface area contributed by atoms with Crippen LogP contribution in [0.5, 0.6) is 11.5 Å². The van der Waals surface area contributed by atoms with Gasteiger partial charge in [0.15, 0.2) is 17.3 Å². The van der Waals surface area contributed by atoms with Crippen LogP contribution in [0.1, 0.15) is 24.4 Å². The largest absolute Gasteiger partial charge is 0.493 e. The maximum atomic E-state index is 5.30. The summed E-state index contributed by atoms with van der Waals surface area (Å²) in [6.07, 6.45) is 0. The van der Waals surface area contributed by atoms with Gasteiger partial charge in [0.2, 0.25) is 0 Å². The van der Waals surface area contributed by atoms with Crippen molar-refractivity contribution < 1.29 is 9.47 Å². The van der Waals surface area contributed by atoms with Gasteiger partial charge in [-0.2, -0.15) is 5.21 Å². The summed E-state index contributed by atoms with van der Waals surface area (Å²) in [6.45, 7) is 2.61. The van der Waals surface area contributed by atoms with E-state index in [1.54, 1.807) is 14.2 Å². The van der Waals surface area contributed by atoms with Crippen molar-refractivity contribution in [2.24, 2.45) is 0 Å². The lowest BCUT2D eigenvalue weighted by Crippen LogP contribution is -2.19. The fourth-order valence-electron chi connectivity index (χ4n) is 1.74. The molecule has 2 rings (SSSR count). The van der Waals surface area contributed by atoms with E-state index in [4.69, 9.17) is 9.47 Å². The fourth-order valence-corrected chi connectivity index (χ4v) is 2.20. The molecule has 0 fully saturated rings. The van der Waals surface area contributed by atoms with E-state index in [1.807, 2.05) is 19.1 Å². The lowest BCUT2D eigenvalue weighted by atomic mass is 10.2. The molecule has 20 heavy (non-hydrogen) atoms. The van der Waals surface area contributed by atoms with E-state index < -0.39 is 0 Å². The van der Waals surface area contributed by atoms with Crippen LogP contribution in [0, 0.1) is 0 Å². The third kappa shape index (κ3) is 3.26. The Kier molecular flexibility index (Phi) is 4.91. The van der Waals surface area contributed by atoms with Crippen LogP contribution in [-0.4, -0.2) is 34.8 Å². The summed E-state index contributed by atoms with van der Waals surface area (Å²) in [5.41, 5.74) is 1.05. The van der Waals surface area contributed by atoms with E-state index in [9.17, 15) is 0 Å². The van der Waals surface area contributed by atoms with Gasteiger partial charge in [0.05, 0.1) is 20.3 Å². The molecule has 2 aromatic rings. The summed E-state index contributed by atoms with van der Waals surface area (Å²) in [5.74, 6) is 2.01. The highest BCUT2D eigenvalue weighted by molar-refractivity contribution is 9.10. The van der Waals surface area contributed by atoms with Crippen LogP contribution < -0.4 is 14.8 Å². The van der Waals surface area contributed by atoms with Gasteiger partial charge in [-0.25, -0.2) is 0 Å². The maximum Gasteiger partial charge on any atom is 0.191 e. The lowest BCUT2D eigenvalue weighted by molar-refractivity contribution is 0.354. The number of nitrogens with zero attached hydrogens (tertiary/aromatic N) is 3. The van der Waals surface area contributed by atoms with Crippen LogP contribution in [0.2, 0.25) is 0 Å². The Morgan fingerprint density at radius 3 is 2.60 bits per heavy atom. The number of ether oxygens (including phenoxy) is 2. The number of H-pyrrole nitrogens is 1. The van der Waals surface area contributed by atoms with Crippen molar-refractivity contribution in [3.05, 3.63) is 28.0 Å². The van der Waals surface area contributed by atoms with E-state index in [2.05, 4.69) is 41.9 Å². The summed E-state index contributed by atoms with van der Waals surface area (Å²) >= 11 is 3.52. The van der Waals surface area contributed by atoms with Crippen molar-refractivity contribution in [2.75, 3.05) is 14.2 Å². The molecule has 108 valence electrons. The van der Waals surface area contributed by atoms with Crippen LogP contribution in [-0.2, 0) is 6.54 Å². The monoisotopic (exact) mass is 341 g/mol. The number of rotatable bonds is 6. The number of tetrazole rings is 1. The molecule has 0 aliphatic carbocycles. The molecule has 7 nitrogen and oxygen atoms in total. The number of halogens is 1. The first kappa shape index (κ1) is 14.7. The number of nitrogens with one attached hydrogen (secondary N) is 2. The van der Waals surface area contributed by atoms with Gasteiger partial charge >= 0.3 is 0 Å². The van der Waals surface area contributed by atoms with Gasteiger partial charge in [-0.15, -0.1) is 10.2 Å². The molecule has 8 heteroatoms. The van der Waals surface area contributed by atoms with Crippen molar-refractivity contribution in [3.8, 4) is 11.5 Å². The minimum Gasteiger partial charge on any atom is -0.493 e. The Morgan fingerprint density at radius 1 is 1.30 bits per heavy atom. The van der Waals surface area contributed by atoms with Gasteiger partial charge < -0.3 is 14.8 Å². The predicted octanol–water partition coefficient (Wildman–Crippen LogP) is 1.83. The van der Waals surface area contributed by atoms with Crippen LogP contribution in [0.25, 0.3) is 0 Å². The van der Waals surface area contributed by atoms with Crippen LogP contribution >= 0.6 is 15.9 Å². The summed E-state index contributed by atoms with van der Waals surface area (Å²) in [6, 6.07) is 3.81. The Morgan fingerprint density at radius 2 is 2.00 bits per heavy atom. The molecule has 0 amide bonds. The first-order chi connectivity index (χ1) is 9.65. The quantitative estimate of drug-likeness (QED) is 0.833. The summed E-state index contributed by atoms with van der Waals surface area (Å²) in [4.78, 5) is 0. The predicted molar refractivity (Wildman–Crippen MR) is 76.7 cm³/mol. The van der Waals surface area contributed by atoms with Crippen molar-refractivity contribution in [1.29, 1.82) is 0 Å². The highest BCUT2D eigenvalue weighted by atomic mass is 79.9. The highest BCUT2D eigenvalue weighted by Crippen LogP contribution is 2.33. The molecule has 1 aromatic carbocycles. The summed E-state index contributed by atoms with van der Waals surface area (Å²) in [5, 5.41) is 17.2. The molecule has 0 saturated heterocycles.